The molecular weight excluding hydrogens is 262 g/mol. The highest BCUT2D eigenvalue weighted by Gasteiger charge is 2.49. The Bertz CT molecular complexity index is 354. The summed E-state index contributed by atoms with van der Waals surface area (Å²) in [5.41, 5.74) is -3.06. The van der Waals surface area contributed by atoms with Gasteiger partial charge >= 0.3 is 11.9 Å². The molecule has 0 aliphatic heterocycles. The van der Waals surface area contributed by atoms with Crippen LogP contribution < -0.4 is 5.32 Å². The number of rotatable bonds is 6. The largest absolute Gasteiger partial charge is 0.480 e. The fraction of sp³-hybridized carbons (Fsp3) is 0.857. The summed E-state index contributed by atoms with van der Waals surface area (Å²) in [6, 6.07) is 0. The summed E-state index contributed by atoms with van der Waals surface area (Å²) >= 11 is 0. The van der Waals surface area contributed by atoms with Gasteiger partial charge in [-0.15, -0.1) is 0 Å². The average Bonchev–Trinajstić information content (AvgIpc) is 2.19. The number of aliphatic carboxylic acids is 1. The summed E-state index contributed by atoms with van der Waals surface area (Å²) in [5.74, 6) is -2.05. The Labute approximate surface area is 120 Å². The molecule has 1 atom stereocenters. The van der Waals surface area contributed by atoms with Gasteiger partial charge in [0, 0.05) is 6.54 Å². The van der Waals surface area contributed by atoms with E-state index in [-0.39, 0.29) is 13.2 Å². The highest BCUT2D eigenvalue weighted by atomic mass is 16.6. The zero-order valence-corrected chi connectivity index (χ0v) is 13.5. The molecule has 0 saturated heterocycles. The normalized spacial score (nSPS) is 15.6. The van der Waals surface area contributed by atoms with E-state index < -0.39 is 28.6 Å². The Balaban J connectivity index is 5.32. The summed E-state index contributed by atoms with van der Waals surface area (Å²) in [6.45, 7) is 10.2. The second kappa shape index (κ2) is 6.54. The van der Waals surface area contributed by atoms with E-state index >= 15 is 0 Å². The fourth-order valence-corrected chi connectivity index (χ4v) is 1.42. The SMILES string of the molecule is CNC[C@@](COC(C)(C)C)(C(=O)O)C(=O)OC(C)(C)C. The number of ether oxygens (including phenoxy) is 2. The standard InChI is InChI=1S/C14H27NO5/c1-12(2,3)19-9-14(8-15-7,10(16)17)11(18)20-13(4,5)6/h15H,8-9H2,1-7H3,(H,16,17)/t14-/m1/s1. The van der Waals surface area contributed by atoms with Crippen molar-refractivity contribution in [3.8, 4) is 0 Å². The number of carbonyl (C=O) groups excluding carboxylic acids is 1. The van der Waals surface area contributed by atoms with Crippen LogP contribution in [0.2, 0.25) is 0 Å². The van der Waals surface area contributed by atoms with Crippen LogP contribution in [-0.4, -0.2) is 48.4 Å². The van der Waals surface area contributed by atoms with E-state index in [1.165, 1.54) is 0 Å². The van der Waals surface area contributed by atoms with Gasteiger partial charge in [-0.25, -0.2) is 0 Å². The first-order chi connectivity index (χ1) is 8.84. The fourth-order valence-electron chi connectivity index (χ4n) is 1.42. The van der Waals surface area contributed by atoms with Crippen molar-refractivity contribution in [2.75, 3.05) is 20.2 Å². The van der Waals surface area contributed by atoms with Crippen LogP contribution in [0.4, 0.5) is 0 Å². The van der Waals surface area contributed by atoms with Gasteiger partial charge in [0.05, 0.1) is 12.2 Å². The van der Waals surface area contributed by atoms with Gasteiger partial charge in [-0.1, -0.05) is 0 Å². The van der Waals surface area contributed by atoms with E-state index in [4.69, 9.17) is 9.47 Å². The molecule has 6 heteroatoms. The Hall–Kier alpha value is -1.14. The van der Waals surface area contributed by atoms with Gasteiger partial charge in [0.2, 0.25) is 0 Å². The highest BCUT2D eigenvalue weighted by molar-refractivity contribution is 5.99. The van der Waals surface area contributed by atoms with Gasteiger partial charge in [-0.05, 0) is 48.6 Å². The third-order valence-electron chi connectivity index (χ3n) is 2.43. The lowest BCUT2D eigenvalue weighted by Crippen LogP contribution is -2.53. The molecular formula is C14H27NO5. The molecule has 0 aliphatic rings. The van der Waals surface area contributed by atoms with Crippen LogP contribution >= 0.6 is 0 Å². The minimum Gasteiger partial charge on any atom is -0.480 e. The Morgan fingerprint density at radius 1 is 1.05 bits per heavy atom. The van der Waals surface area contributed by atoms with Crippen LogP contribution in [0.5, 0.6) is 0 Å². The van der Waals surface area contributed by atoms with Gasteiger partial charge in [0.15, 0.2) is 5.41 Å². The molecule has 0 saturated carbocycles. The van der Waals surface area contributed by atoms with Crippen LogP contribution in [0.25, 0.3) is 0 Å². The average molecular weight is 289 g/mol. The molecule has 0 bridgehead atoms. The molecule has 2 N–H and O–H groups in total. The van der Waals surface area contributed by atoms with Crippen molar-refractivity contribution in [1.29, 1.82) is 0 Å². The zero-order valence-electron chi connectivity index (χ0n) is 13.5. The second-order valence-electron chi connectivity index (χ2n) is 6.82. The van der Waals surface area contributed by atoms with Crippen molar-refractivity contribution in [3.63, 3.8) is 0 Å². The predicted octanol–water partition coefficient (Wildman–Crippen LogP) is 1.43. The van der Waals surface area contributed by atoms with E-state index in [0.29, 0.717) is 0 Å². The molecule has 0 radical (unpaired) electrons. The molecule has 0 aliphatic carbocycles. The second-order valence-corrected chi connectivity index (χ2v) is 6.82. The van der Waals surface area contributed by atoms with Gasteiger partial charge < -0.3 is 19.9 Å². The lowest BCUT2D eigenvalue weighted by Gasteiger charge is -2.33. The summed E-state index contributed by atoms with van der Waals surface area (Å²) in [5, 5.41) is 12.2. The predicted molar refractivity (Wildman–Crippen MR) is 75.5 cm³/mol. The minimum atomic E-state index is -1.75. The van der Waals surface area contributed by atoms with E-state index in [2.05, 4.69) is 5.32 Å². The number of hydrogen-bond donors (Lipinski definition) is 2. The van der Waals surface area contributed by atoms with Crippen molar-refractivity contribution in [3.05, 3.63) is 0 Å². The number of carboxylic acids is 1. The summed E-state index contributed by atoms with van der Waals surface area (Å²) in [7, 11) is 1.58. The van der Waals surface area contributed by atoms with Crippen LogP contribution in [-0.2, 0) is 19.1 Å². The third kappa shape index (κ3) is 5.88. The van der Waals surface area contributed by atoms with Gasteiger partial charge in [0.25, 0.3) is 0 Å². The number of carboxylic acid groups (broad SMARTS) is 1. The lowest BCUT2D eigenvalue weighted by atomic mass is 9.88. The molecule has 0 amide bonds. The molecule has 20 heavy (non-hydrogen) atoms. The number of esters is 1. The van der Waals surface area contributed by atoms with Gasteiger partial charge in [-0.2, -0.15) is 0 Å². The van der Waals surface area contributed by atoms with Crippen molar-refractivity contribution >= 4 is 11.9 Å². The third-order valence-corrected chi connectivity index (χ3v) is 2.43. The van der Waals surface area contributed by atoms with E-state index in [0.717, 1.165) is 0 Å². The molecule has 0 aromatic rings. The van der Waals surface area contributed by atoms with Crippen LogP contribution in [0.3, 0.4) is 0 Å². The number of carbonyl (C=O) groups is 2. The van der Waals surface area contributed by atoms with E-state index in [1.807, 2.05) is 0 Å². The van der Waals surface area contributed by atoms with E-state index in [9.17, 15) is 14.7 Å². The van der Waals surface area contributed by atoms with Gasteiger partial charge in [-0.3, -0.25) is 9.59 Å². The molecule has 0 heterocycles. The van der Waals surface area contributed by atoms with Crippen LogP contribution in [0.15, 0.2) is 0 Å². The molecule has 0 spiro atoms. The highest BCUT2D eigenvalue weighted by Crippen LogP contribution is 2.25. The summed E-state index contributed by atoms with van der Waals surface area (Å²) in [4.78, 5) is 23.9. The molecule has 118 valence electrons. The minimum absolute atomic E-state index is 0.0622. The Kier molecular flexibility index (Phi) is 6.17. The first-order valence-corrected chi connectivity index (χ1v) is 6.59. The van der Waals surface area contributed by atoms with Crippen LogP contribution in [0, 0.1) is 5.41 Å². The monoisotopic (exact) mass is 289 g/mol. The summed E-state index contributed by atoms with van der Waals surface area (Å²) < 4.78 is 10.8. The van der Waals surface area contributed by atoms with E-state index in [1.54, 1.807) is 48.6 Å². The maximum absolute atomic E-state index is 12.3. The molecule has 0 aromatic carbocycles. The smallest absolute Gasteiger partial charge is 0.327 e. The van der Waals surface area contributed by atoms with Crippen molar-refractivity contribution in [1.82, 2.24) is 5.32 Å². The van der Waals surface area contributed by atoms with Crippen molar-refractivity contribution in [2.45, 2.75) is 52.7 Å². The first-order valence-electron chi connectivity index (χ1n) is 6.59. The van der Waals surface area contributed by atoms with Crippen LogP contribution in [0.1, 0.15) is 41.5 Å². The first kappa shape index (κ1) is 18.9. The maximum atomic E-state index is 12.3. The molecule has 0 aromatic heterocycles. The molecule has 0 rings (SSSR count). The summed E-state index contributed by atoms with van der Waals surface area (Å²) in [6.07, 6.45) is 0. The number of hydrogen-bond acceptors (Lipinski definition) is 5. The van der Waals surface area contributed by atoms with Crippen molar-refractivity contribution in [2.24, 2.45) is 5.41 Å². The topological polar surface area (TPSA) is 84.9 Å². The lowest BCUT2D eigenvalue weighted by molar-refractivity contribution is -0.184. The Morgan fingerprint density at radius 3 is 1.85 bits per heavy atom. The number of nitrogens with one attached hydrogen (secondary N) is 1. The molecule has 6 nitrogen and oxygen atoms in total. The quantitative estimate of drug-likeness (QED) is 0.568. The molecule has 0 fully saturated rings. The maximum Gasteiger partial charge on any atom is 0.327 e. The molecule has 0 unspecified atom stereocenters. The Morgan fingerprint density at radius 2 is 1.55 bits per heavy atom. The zero-order chi connectivity index (χ0) is 16.2. The van der Waals surface area contributed by atoms with Gasteiger partial charge in [0.1, 0.15) is 5.60 Å². The van der Waals surface area contributed by atoms with Crippen molar-refractivity contribution < 1.29 is 24.2 Å².